The largest absolute Gasteiger partial charge is 0.497 e. The van der Waals surface area contributed by atoms with Crippen molar-refractivity contribution in [1.82, 2.24) is 9.36 Å². The molecule has 1 aromatic carbocycles. The van der Waals surface area contributed by atoms with Crippen LogP contribution >= 0.6 is 22.9 Å². The van der Waals surface area contributed by atoms with E-state index in [1.807, 2.05) is 35.7 Å². The number of aromatic nitrogens is 2. The maximum absolute atomic E-state index is 12.5. The van der Waals surface area contributed by atoms with E-state index < -0.39 is 0 Å². The quantitative estimate of drug-likeness (QED) is 0.758. The molecule has 1 atom stereocenters. The van der Waals surface area contributed by atoms with E-state index in [4.69, 9.17) is 9.47 Å². The molecule has 0 saturated heterocycles. The Morgan fingerprint density at radius 3 is 3.12 bits per heavy atom. The fourth-order valence-corrected chi connectivity index (χ4v) is 3.94. The Bertz CT molecular complexity index is 892. The van der Waals surface area contributed by atoms with E-state index in [2.05, 4.69) is 14.7 Å². The Labute approximate surface area is 152 Å². The predicted octanol–water partition coefficient (Wildman–Crippen LogP) is 3.47. The highest BCUT2D eigenvalue weighted by molar-refractivity contribution is 7.14. The van der Waals surface area contributed by atoms with Crippen LogP contribution < -0.4 is 14.8 Å². The highest BCUT2D eigenvalue weighted by Gasteiger charge is 2.27. The molecule has 0 radical (unpaired) electrons. The number of carbonyl (C=O) groups is 1. The number of ether oxygens (including phenoxy) is 2. The molecule has 1 N–H and O–H groups in total. The first kappa shape index (κ1) is 16.0. The molecule has 1 amide bonds. The third-order valence-corrected chi connectivity index (χ3v) is 5.45. The molecule has 3 aromatic rings. The van der Waals surface area contributed by atoms with Gasteiger partial charge in [0.15, 0.2) is 5.82 Å². The molecule has 8 heteroatoms. The number of anilines is 1. The van der Waals surface area contributed by atoms with Crippen molar-refractivity contribution in [2.75, 3.05) is 19.0 Å². The molecule has 128 valence electrons. The van der Waals surface area contributed by atoms with Gasteiger partial charge in [0, 0.05) is 17.6 Å². The summed E-state index contributed by atoms with van der Waals surface area (Å²) in [6.45, 7) is 0.336. The fourth-order valence-electron chi connectivity index (χ4n) is 2.64. The SMILES string of the molecule is COc1ccc2c(c1)OC[C@H](C(=O)Nc1nc(-c3cccs3)ns1)C2. The number of nitrogens with zero attached hydrogens (tertiary/aromatic N) is 2. The first-order valence-corrected chi connectivity index (χ1v) is 9.36. The molecule has 25 heavy (non-hydrogen) atoms. The molecule has 0 spiro atoms. The molecule has 6 nitrogen and oxygen atoms in total. The molecule has 0 fully saturated rings. The first-order valence-electron chi connectivity index (χ1n) is 7.71. The van der Waals surface area contributed by atoms with E-state index in [1.165, 1.54) is 11.5 Å². The number of hydrogen-bond acceptors (Lipinski definition) is 7. The van der Waals surface area contributed by atoms with Gasteiger partial charge in [0.1, 0.15) is 18.1 Å². The molecule has 1 aliphatic heterocycles. The Morgan fingerprint density at radius 1 is 1.40 bits per heavy atom. The van der Waals surface area contributed by atoms with Gasteiger partial charge in [-0.25, -0.2) is 0 Å². The highest BCUT2D eigenvalue weighted by atomic mass is 32.1. The van der Waals surface area contributed by atoms with Gasteiger partial charge in [-0.2, -0.15) is 9.36 Å². The Hall–Kier alpha value is -2.45. The lowest BCUT2D eigenvalue weighted by Gasteiger charge is -2.24. The lowest BCUT2D eigenvalue weighted by molar-refractivity contribution is -0.121. The Kier molecular flexibility index (Phi) is 4.37. The summed E-state index contributed by atoms with van der Waals surface area (Å²) < 4.78 is 15.2. The number of nitrogens with one attached hydrogen (secondary N) is 1. The summed E-state index contributed by atoms with van der Waals surface area (Å²) in [5, 5.41) is 5.33. The average molecular weight is 373 g/mol. The van der Waals surface area contributed by atoms with Crippen molar-refractivity contribution in [2.24, 2.45) is 5.92 Å². The Morgan fingerprint density at radius 2 is 2.32 bits per heavy atom. The zero-order valence-corrected chi connectivity index (χ0v) is 15.0. The van der Waals surface area contributed by atoms with E-state index in [1.54, 1.807) is 18.4 Å². The number of amides is 1. The summed E-state index contributed by atoms with van der Waals surface area (Å²) in [6, 6.07) is 9.57. The van der Waals surface area contributed by atoms with E-state index in [0.29, 0.717) is 24.0 Å². The standard InChI is InChI=1S/C17H15N3O3S2/c1-22-12-5-4-10-7-11(9-23-13(10)8-12)16(21)19-17-18-15(20-25-17)14-3-2-6-24-14/h2-6,8,11H,7,9H2,1H3,(H,18,19,20,21)/t11-/m1/s1. The second-order valence-corrected chi connectivity index (χ2v) is 7.27. The lowest BCUT2D eigenvalue weighted by Crippen LogP contribution is -2.32. The van der Waals surface area contributed by atoms with Crippen LogP contribution in [0.3, 0.4) is 0 Å². The Balaban J connectivity index is 1.43. The fraction of sp³-hybridized carbons (Fsp3) is 0.235. The topological polar surface area (TPSA) is 73.3 Å². The summed E-state index contributed by atoms with van der Waals surface area (Å²) in [6.07, 6.45) is 0.627. The van der Waals surface area contributed by atoms with Gasteiger partial charge in [0.05, 0.1) is 17.9 Å². The summed E-state index contributed by atoms with van der Waals surface area (Å²) >= 11 is 2.76. The number of fused-ring (bicyclic) bond motifs is 1. The van der Waals surface area contributed by atoms with Crippen molar-refractivity contribution in [1.29, 1.82) is 0 Å². The predicted molar refractivity (Wildman–Crippen MR) is 97.5 cm³/mol. The van der Waals surface area contributed by atoms with E-state index in [-0.39, 0.29) is 11.8 Å². The first-order chi connectivity index (χ1) is 12.2. The zero-order chi connectivity index (χ0) is 17.2. The van der Waals surface area contributed by atoms with Crippen LogP contribution in [-0.4, -0.2) is 29.0 Å². The molecule has 2 aromatic heterocycles. The summed E-state index contributed by atoms with van der Waals surface area (Å²) in [4.78, 5) is 17.9. The van der Waals surface area contributed by atoms with Crippen molar-refractivity contribution in [3.05, 3.63) is 41.3 Å². The van der Waals surface area contributed by atoms with Crippen molar-refractivity contribution in [3.63, 3.8) is 0 Å². The second kappa shape index (κ2) is 6.81. The lowest BCUT2D eigenvalue weighted by atomic mass is 9.96. The molecular formula is C17H15N3O3S2. The number of carbonyl (C=O) groups excluding carboxylic acids is 1. The molecule has 0 bridgehead atoms. The molecule has 4 rings (SSSR count). The maximum atomic E-state index is 12.5. The van der Waals surface area contributed by atoms with Gasteiger partial charge in [-0.15, -0.1) is 11.3 Å². The van der Waals surface area contributed by atoms with Crippen LogP contribution in [-0.2, 0) is 11.2 Å². The maximum Gasteiger partial charge on any atom is 0.233 e. The van der Waals surface area contributed by atoms with Gasteiger partial charge < -0.3 is 14.8 Å². The van der Waals surface area contributed by atoms with Crippen LogP contribution in [0, 0.1) is 5.92 Å². The van der Waals surface area contributed by atoms with Gasteiger partial charge in [-0.1, -0.05) is 12.1 Å². The molecular weight excluding hydrogens is 358 g/mol. The normalized spacial score (nSPS) is 16.0. The van der Waals surface area contributed by atoms with Crippen LogP contribution in [0.15, 0.2) is 35.7 Å². The minimum atomic E-state index is -0.255. The molecule has 3 heterocycles. The highest BCUT2D eigenvalue weighted by Crippen LogP contribution is 2.32. The molecule has 0 aliphatic carbocycles. The van der Waals surface area contributed by atoms with Crippen LogP contribution in [0.4, 0.5) is 5.13 Å². The van der Waals surface area contributed by atoms with Gasteiger partial charge in [0.25, 0.3) is 0 Å². The number of rotatable bonds is 4. The third kappa shape index (κ3) is 3.35. The monoisotopic (exact) mass is 373 g/mol. The van der Waals surface area contributed by atoms with E-state index >= 15 is 0 Å². The smallest absolute Gasteiger partial charge is 0.233 e. The van der Waals surface area contributed by atoms with Crippen LogP contribution in [0.1, 0.15) is 5.56 Å². The second-order valence-electron chi connectivity index (χ2n) is 5.58. The minimum Gasteiger partial charge on any atom is -0.497 e. The summed E-state index contributed by atoms with van der Waals surface area (Å²) in [5.74, 6) is 1.81. The number of methoxy groups -OCH3 is 1. The van der Waals surface area contributed by atoms with Crippen molar-refractivity contribution in [2.45, 2.75) is 6.42 Å². The number of benzene rings is 1. The van der Waals surface area contributed by atoms with Gasteiger partial charge in [-0.3, -0.25) is 4.79 Å². The zero-order valence-electron chi connectivity index (χ0n) is 13.4. The van der Waals surface area contributed by atoms with Gasteiger partial charge in [-0.05, 0) is 29.5 Å². The van der Waals surface area contributed by atoms with Crippen LogP contribution in [0.25, 0.3) is 10.7 Å². The van der Waals surface area contributed by atoms with Crippen LogP contribution in [0.2, 0.25) is 0 Å². The van der Waals surface area contributed by atoms with Gasteiger partial charge >= 0.3 is 0 Å². The molecule has 0 unspecified atom stereocenters. The van der Waals surface area contributed by atoms with Gasteiger partial charge in [0.2, 0.25) is 11.0 Å². The molecule has 1 aliphatic rings. The average Bonchev–Trinajstić information content (AvgIpc) is 3.32. The molecule has 0 saturated carbocycles. The van der Waals surface area contributed by atoms with Crippen LogP contribution in [0.5, 0.6) is 11.5 Å². The van der Waals surface area contributed by atoms with Crippen molar-refractivity contribution in [3.8, 4) is 22.2 Å². The summed E-state index contributed by atoms with van der Waals surface area (Å²) in [5.41, 5.74) is 1.00. The van der Waals surface area contributed by atoms with Crippen molar-refractivity contribution < 1.29 is 14.3 Å². The van der Waals surface area contributed by atoms with Crippen molar-refractivity contribution >= 4 is 33.9 Å². The third-order valence-electron chi connectivity index (χ3n) is 3.95. The summed E-state index contributed by atoms with van der Waals surface area (Å²) in [7, 11) is 1.62. The minimum absolute atomic E-state index is 0.102. The number of thiophene rings is 1. The van der Waals surface area contributed by atoms with E-state index in [9.17, 15) is 4.79 Å². The number of hydrogen-bond donors (Lipinski definition) is 1. The van der Waals surface area contributed by atoms with E-state index in [0.717, 1.165) is 21.9 Å².